The number of rotatable bonds is 3. The normalized spacial score (nSPS) is 13.1. The molecule has 0 unspecified atom stereocenters. The van der Waals surface area contributed by atoms with E-state index in [1.807, 2.05) is 30.3 Å². The van der Waals surface area contributed by atoms with Crippen molar-refractivity contribution in [2.45, 2.75) is 12.8 Å². The van der Waals surface area contributed by atoms with E-state index in [-0.39, 0.29) is 6.03 Å². The van der Waals surface area contributed by atoms with Crippen LogP contribution in [-0.2, 0) is 0 Å². The molecule has 2 N–H and O–H groups in total. The first kappa shape index (κ1) is 20.1. The van der Waals surface area contributed by atoms with Gasteiger partial charge in [0.1, 0.15) is 12.1 Å². The maximum atomic E-state index is 13.2. The summed E-state index contributed by atoms with van der Waals surface area (Å²) in [5.41, 5.74) is 2.63. The van der Waals surface area contributed by atoms with Crippen LogP contribution in [0.5, 0.6) is 5.88 Å². The smallest absolute Gasteiger partial charge is 0.328 e. The van der Waals surface area contributed by atoms with Gasteiger partial charge in [-0.3, -0.25) is 10.2 Å². The van der Waals surface area contributed by atoms with Crippen molar-refractivity contribution < 1.29 is 9.53 Å². The van der Waals surface area contributed by atoms with Gasteiger partial charge in [0.2, 0.25) is 5.88 Å². The molecule has 0 saturated carbocycles. The molecule has 9 nitrogen and oxygen atoms in total. The molecule has 156 valence electrons. The van der Waals surface area contributed by atoms with Gasteiger partial charge < -0.3 is 10.1 Å². The van der Waals surface area contributed by atoms with Gasteiger partial charge in [-0.25, -0.2) is 19.7 Å². The van der Waals surface area contributed by atoms with Gasteiger partial charge in [-0.15, -0.1) is 0 Å². The van der Waals surface area contributed by atoms with Gasteiger partial charge in [0.05, 0.1) is 30.1 Å². The molecule has 0 aliphatic carbocycles. The van der Waals surface area contributed by atoms with Crippen molar-refractivity contribution in [2.24, 2.45) is 0 Å². The first-order chi connectivity index (χ1) is 15.2. The van der Waals surface area contributed by atoms with Crippen LogP contribution in [0.2, 0.25) is 0 Å². The Morgan fingerprint density at radius 1 is 1.23 bits per heavy atom. The minimum atomic E-state index is -0.357. The molecule has 4 rings (SSSR count). The summed E-state index contributed by atoms with van der Waals surface area (Å²) in [6, 6.07) is 14.4. The summed E-state index contributed by atoms with van der Waals surface area (Å²) in [5.74, 6) is 1.19. The molecule has 0 bridgehead atoms. The van der Waals surface area contributed by atoms with E-state index in [2.05, 4.69) is 26.7 Å². The molecule has 3 aromatic rings. The number of benzene rings is 1. The summed E-state index contributed by atoms with van der Waals surface area (Å²) in [7, 11) is 1.50. The summed E-state index contributed by atoms with van der Waals surface area (Å²) >= 11 is 0. The SMILES string of the molecule is COc1cc(NC(=O)N2CCCCNc3ccc(-c4ccccc4C#N)nc32)ncn1. The molecule has 1 aliphatic heterocycles. The number of urea groups is 1. The van der Waals surface area contributed by atoms with Gasteiger partial charge in [0, 0.05) is 24.7 Å². The van der Waals surface area contributed by atoms with Crippen molar-refractivity contribution in [2.75, 3.05) is 35.7 Å². The number of amides is 2. The van der Waals surface area contributed by atoms with Crippen LogP contribution < -0.4 is 20.3 Å². The summed E-state index contributed by atoms with van der Waals surface area (Å²) in [5, 5.41) is 15.6. The van der Waals surface area contributed by atoms with Gasteiger partial charge in [-0.2, -0.15) is 5.26 Å². The van der Waals surface area contributed by atoms with Crippen LogP contribution in [0, 0.1) is 11.3 Å². The van der Waals surface area contributed by atoms with Crippen LogP contribution in [0.4, 0.5) is 22.1 Å². The number of ether oxygens (including phenoxy) is 1. The number of fused-ring (bicyclic) bond motifs is 1. The van der Waals surface area contributed by atoms with Crippen LogP contribution in [0.15, 0.2) is 48.8 Å². The Morgan fingerprint density at radius 2 is 2.10 bits per heavy atom. The van der Waals surface area contributed by atoms with E-state index in [9.17, 15) is 10.1 Å². The predicted molar refractivity (Wildman–Crippen MR) is 117 cm³/mol. The fourth-order valence-electron chi connectivity index (χ4n) is 3.36. The van der Waals surface area contributed by atoms with Crippen molar-refractivity contribution in [3.8, 4) is 23.2 Å². The Balaban J connectivity index is 1.71. The van der Waals surface area contributed by atoms with E-state index in [0.29, 0.717) is 35.3 Å². The summed E-state index contributed by atoms with van der Waals surface area (Å²) in [6.45, 7) is 1.29. The zero-order valence-corrected chi connectivity index (χ0v) is 17.0. The zero-order chi connectivity index (χ0) is 21.6. The van der Waals surface area contributed by atoms with Crippen LogP contribution in [0.3, 0.4) is 0 Å². The molecule has 9 heteroatoms. The van der Waals surface area contributed by atoms with Crippen molar-refractivity contribution >= 4 is 23.4 Å². The van der Waals surface area contributed by atoms with Crippen LogP contribution >= 0.6 is 0 Å². The zero-order valence-electron chi connectivity index (χ0n) is 17.0. The summed E-state index contributed by atoms with van der Waals surface area (Å²) in [4.78, 5) is 27.6. The van der Waals surface area contributed by atoms with Crippen LogP contribution in [-0.4, -0.2) is 41.2 Å². The second kappa shape index (κ2) is 9.09. The van der Waals surface area contributed by atoms with Gasteiger partial charge in [0.25, 0.3) is 0 Å². The minimum absolute atomic E-state index is 0.333. The fourth-order valence-corrected chi connectivity index (χ4v) is 3.36. The van der Waals surface area contributed by atoms with E-state index in [1.165, 1.54) is 13.4 Å². The van der Waals surface area contributed by atoms with Crippen molar-refractivity contribution in [1.29, 1.82) is 5.26 Å². The molecule has 0 fully saturated rings. The van der Waals surface area contributed by atoms with Gasteiger partial charge in [0.15, 0.2) is 5.82 Å². The van der Waals surface area contributed by atoms with Gasteiger partial charge in [-0.1, -0.05) is 18.2 Å². The number of nitrogens with one attached hydrogen (secondary N) is 2. The predicted octanol–water partition coefficient (Wildman–Crippen LogP) is 3.66. The average molecular weight is 415 g/mol. The molecule has 0 atom stereocenters. The van der Waals surface area contributed by atoms with E-state index in [1.54, 1.807) is 17.0 Å². The summed E-state index contributed by atoms with van der Waals surface area (Å²) < 4.78 is 5.10. The number of anilines is 3. The standard InChI is InChI=1S/C22H21N7O2/c1-31-20-12-19(25-14-26-20)28-22(30)29-11-5-4-10-24-18-9-8-17(27-21(18)29)16-7-3-2-6-15(16)13-23/h2-3,6-9,12,14,24H,4-5,10-11H2,1H3,(H,25,26,28,30). The Kier molecular flexibility index (Phi) is 5.89. The highest BCUT2D eigenvalue weighted by Crippen LogP contribution is 2.31. The third kappa shape index (κ3) is 4.38. The fraction of sp³-hybridized carbons (Fsp3) is 0.227. The maximum Gasteiger partial charge on any atom is 0.328 e. The first-order valence-electron chi connectivity index (χ1n) is 9.88. The number of pyridine rings is 1. The molecule has 2 aromatic heterocycles. The lowest BCUT2D eigenvalue weighted by Crippen LogP contribution is -2.38. The number of hydrogen-bond acceptors (Lipinski definition) is 7. The number of methoxy groups -OCH3 is 1. The molecular weight excluding hydrogens is 394 g/mol. The van der Waals surface area contributed by atoms with Crippen molar-refractivity contribution in [1.82, 2.24) is 15.0 Å². The van der Waals surface area contributed by atoms with Crippen molar-refractivity contribution in [3.63, 3.8) is 0 Å². The lowest BCUT2D eigenvalue weighted by Gasteiger charge is -2.27. The average Bonchev–Trinajstić information content (AvgIpc) is 2.79. The lowest BCUT2D eigenvalue weighted by atomic mass is 10.0. The van der Waals surface area contributed by atoms with E-state index < -0.39 is 0 Å². The number of carbonyl (C=O) groups excluding carboxylic acids is 1. The highest BCUT2D eigenvalue weighted by Gasteiger charge is 2.23. The second-order valence-corrected chi connectivity index (χ2v) is 6.89. The van der Waals surface area contributed by atoms with E-state index >= 15 is 0 Å². The second-order valence-electron chi connectivity index (χ2n) is 6.89. The van der Waals surface area contributed by atoms with Gasteiger partial charge >= 0.3 is 6.03 Å². The molecule has 2 amide bonds. The molecule has 0 spiro atoms. The third-order valence-corrected chi connectivity index (χ3v) is 4.91. The first-order valence-corrected chi connectivity index (χ1v) is 9.88. The quantitative estimate of drug-likeness (QED) is 0.670. The topological polar surface area (TPSA) is 116 Å². The Bertz CT molecular complexity index is 1140. The number of hydrogen-bond donors (Lipinski definition) is 2. The Labute approximate surface area is 179 Å². The number of nitriles is 1. The van der Waals surface area contributed by atoms with Crippen molar-refractivity contribution in [3.05, 3.63) is 54.4 Å². The molecule has 3 heterocycles. The monoisotopic (exact) mass is 415 g/mol. The van der Waals surface area contributed by atoms with Crippen LogP contribution in [0.1, 0.15) is 18.4 Å². The highest BCUT2D eigenvalue weighted by atomic mass is 16.5. The highest BCUT2D eigenvalue weighted by molar-refractivity contribution is 6.02. The Morgan fingerprint density at radius 3 is 2.94 bits per heavy atom. The number of aromatic nitrogens is 3. The molecular formula is C22H21N7O2. The molecule has 31 heavy (non-hydrogen) atoms. The molecule has 1 aromatic carbocycles. The Hall–Kier alpha value is -4.19. The largest absolute Gasteiger partial charge is 0.481 e. The third-order valence-electron chi connectivity index (χ3n) is 4.91. The molecule has 0 radical (unpaired) electrons. The lowest BCUT2D eigenvalue weighted by molar-refractivity contribution is 0.256. The molecule has 0 saturated heterocycles. The summed E-state index contributed by atoms with van der Waals surface area (Å²) in [6.07, 6.45) is 3.06. The maximum absolute atomic E-state index is 13.2. The number of nitrogens with zero attached hydrogens (tertiary/aromatic N) is 5. The van der Waals surface area contributed by atoms with E-state index in [4.69, 9.17) is 9.72 Å². The van der Waals surface area contributed by atoms with Crippen LogP contribution in [0.25, 0.3) is 11.3 Å². The van der Waals surface area contributed by atoms with Gasteiger partial charge in [-0.05, 0) is 31.0 Å². The minimum Gasteiger partial charge on any atom is -0.481 e. The van der Waals surface area contributed by atoms with E-state index in [0.717, 1.165) is 30.6 Å². The molecule has 1 aliphatic rings. The number of carbonyl (C=O) groups is 1.